The smallest absolute Gasteiger partial charge is 0.255 e. The molecule has 5 nitrogen and oxygen atoms in total. The molecule has 3 rings (SSSR count). The zero-order valence-electron chi connectivity index (χ0n) is 13.0. The van der Waals surface area contributed by atoms with Gasteiger partial charge in [0.15, 0.2) is 0 Å². The van der Waals surface area contributed by atoms with Gasteiger partial charge in [-0.25, -0.2) is 0 Å². The molecule has 1 fully saturated rings. The molecule has 0 aliphatic carbocycles. The Balaban J connectivity index is 1.69. The Hall–Kier alpha value is -1.66. The minimum absolute atomic E-state index is 0.0542. The van der Waals surface area contributed by atoms with Gasteiger partial charge in [0.25, 0.3) is 5.91 Å². The normalized spacial score (nSPS) is 17.8. The van der Waals surface area contributed by atoms with E-state index < -0.39 is 0 Å². The first-order chi connectivity index (χ1) is 10.7. The second-order valence-electron chi connectivity index (χ2n) is 5.57. The molecule has 0 unspecified atom stereocenters. The van der Waals surface area contributed by atoms with Gasteiger partial charge in [0.05, 0.1) is 24.4 Å². The Kier molecular flexibility index (Phi) is 4.59. The molecule has 1 amide bonds. The first-order valence-corrected chi connectivity index (χ1v) is 8.46. The molecule has 2 aromatic rings. The summed E-state index contributed by atoms with van der Waals surface area (Å²) in [5.74, 6) is 0.178. The number of carbonyl (C=O) groups is 1. The number of amides is 1. The van der Waals surface area contributed by atoms with Crippen molar-refractivity contribution >= 4 is 17.2 Å². The van der Waals surface area contributed by atoms with Gasteiger partial charge in [-0.05, 0) is 25.0 Å². The number of hydrogen-bond acceptors (Lipinski definition) is 4. The Bertz CT molecular complexity index is 656. The number of ether oxygens (including phenoxy) is 1. The molecule has 0 bridgehead atoms. The molecule has 22 heavy (non-hydrogen) atoms. The molecule has 0 spiro atoms. The average Bonchev–Trinajstić information content (AvgIpc) is 3.24. The van der Waals surface area contributed by atoms with E-state index in [1.165, 1.54) is 9.75 Å². The SMILES string of the molecule is CCc1ccc(CNC(=O)c2cn(C)nc2[C@@H]2CCOC2)s1. The van der Waals surface area contributed by atoms with E-state index in [-0.39, 0.29) is 11.8 Å². The number of aryl methyl sites for hydroxylation is 2. The van der Waals surface area contributed by atoms with Crippen LogP contribution in [0.15, 0.2) is 18.3 Å². The fraction of sp³-hybridized carbons (Fsp3) is 0.500. The third kappa shape index (κ3) is 3.23. The van der Waals surface area contributed by atoms with Gasteiger partial charge in [0.1, 0.15) is 0 Å². The van der Waals surface area contributed by atoms with Crippen molar-refractivity contribution in [1.82, 2.24) is 15.1 Å². The summed E-state index contributed by atoms with van der Waals surface area (Å²) in [5.41, 5.74) is 1.53. The van der Waals surface area contributed by atoms with Crippen molar-refractivity contribution in [3.8, 4) is 0 Å². The van der Waals surface area contributed by atoms with Gasteiger partial charge < -0.3 is 10.1 Å². The Morgan fingerprint density at radius 1 is 1.50 bits per heavy atom. The predicted molar refractivity (Wildman–Crippen MR) is 86.3 cm³/mol. The van der Waals surface area contributed by atoms with Crippen molar-refractivity contribution in [2.75, 3.05) is 13.2 Å². The van der Waals surface area contributed by atoms with Crippen molar-refractivity contribution < 1.29 is 9.53 Å². The molecule has 2 aromatic heterocycles. The van der Waals surface area contributed by atoms with Crippen LogP contribution in [0.2, 0.25) is 0 Å². The maximum absolute atomic E-state index is 12.5. The summed E-state index contributed by atoms with van der Waals surface area (Å²) in [5, 5.41) is 7.47. The largest absolute Gasteiger partial charge is 0.381 e. The van der Waals surface area contributed by atoms with Crippen LogP contribution in [0.5, 0.6) is 0 Å². The molecule has 0 aromatic carbocycles. The first kappa shape index (κ1) is 15.2. The molecule has 1 aliphatic heterocycles. The van der Waals surface area contributed by atoms with Gasteiger partial charge in [0, 0.05) is 35.5 Å². The highest BCUT2D eigenvalue weighted by molar-refractivity contribution is 7.11. The van der Waals surface area contributed by atoms with Crippen LogP contribution in [0.4, 0.5) is 0 Å². The second kappa shape index (κ2) is 6.62. The lowest BCUT2D eigenvalue weighted by atomic mass is 10.0. The van der Waals surface area contributed by atoms with Gasteiger partial charge in [0.2, 0.25) is 0 Å². The van der Waals surface area contributed by atoms with E-state index in [2.05, 4.69) is 29.5 Å². The summed E-state index contributed by atoms with van der Waals surface area (Å²) in [6.07, 6.45) is 3.77. The highest BCUT2D eigenvalue weighted by Crippen LogP contribution is 2.26. The molecule has 1 aliphatic rings. The molecule has 6 heteroatoms. The molecule has 3 heterocycles. The quantitative estimate of drug-likeness (QED) is 0.921. The number of nitrogens with zero attached hydrogens (tertiary/aromatic N) is 2. The molecule has 118 valence electrons. The van der Waals surface area contributed by atoms with Crippen LogP contribution >= 0.6 is 11.3 Å². The Labute approximate surface area is 134 Å². The van der Waals surface area contributed by atoms with Gasteiger partial charge in [-0.2, -0.15) is 5.10 Å². The summed E-state index contributed by atoms with van der Waals surface area (Å²) < 4.78 is 7.13. The van der Waals surface area contributed by atoms with E-state index in [9.17, 15) is 4.79 Å². The third-order valence-electron chi connectivity index (χ3n) is 3.91. The average molecular weight is 319 g/mol. The highest BCUT2D eigenvalue weighted by Gasteiger charge is 2.26. The molecule has 0 saturated carbocycles. The third-order valence-corrected chi connectivity index (χ3v) is 5.14. The maximum Gasteiger partial charge on any atom is 0.255 e. The molecule has 1 atom stereocenters. The lowest BCUT2D eigenvalue weighted by Gasteiger charge is -2.07. The topological polar surface area (TPSA) is 56.2 Å². The van der Waals surface area contributed by atoms with E-state index in [1.807, 2.05) is 7.05 Å². The monoisotopic (exact) mass is 319 g/mol. The van der Waals surface area contributed by atoms with Gasteiger partial charge in [-0.1, -0.05) is 6.92 Å². The number of carbonyl (C=O) groups excluding carboxylic acids is 1. The van der Waals surface area contributed by atoms with Crippen molar-refractivity contribution in [3.05, 3.63) is 39.3 Å². The number of rotatable bonds is 5. The fourth-order valence-electron chi connectivity index (χ4n) is 2.70. The molecule has 0 radical (unpaired) electrons. The van der Waals surface area contributed by atoms with Gasteiger partial charge in [-0.3, -0.25) is 9.48 Å². The predicted octanol–water partition coefficient (Wildman–Crippen LogP) is 2.48. The summed E-state index contributed by atoms with van der Waals surface area (Å²) in [4.78, 5) is 15.0. The second-order valence-corrected chi connectivity index (χ2v) is 6.82. The molecular formula is C16H21N3O2S. The van der Waals surface area contributed by atoms with Crippen LogP contribution in [-0.4, -0.2) is 28.9 Å². The Morgan fingerprint density at radius 3 is 3.00 bits per heavy atom. The number of thiophene rings is 1. The van der Waals surface area contributed by atoms with Gasteiger partial charge >= 0.3 is 0 Å². The van der Waals surface area contributed by atoms with E-state index >= 15 is 0 Å². The van der Waals surface area contributed by atoms with Crippen molar-refractivity contribution in [2.24, 2.45) is 7.05 Å². The van der Waals surface area contributed by atoms with E-state index in [1.54, 1.807) is 22.2 Å². The minimum Gasteiger partial charge on any atom is -0.381 e. The zero-order chi connectivity index (χ0) is 15.5. The van der Waals surface area contributed by atoms with Crippen LogP contribution in [-0.2, 0) is 24.8 Å². The summed E-state index contributed by atoms with van der Waals surface area (Å²) in [6.45, 7) is 4.11. The van der Waals surface area contributed by atoms with Crippen LogP contribution in [0, 0.1) is 0 Å². The summed E-state index contributed by atoms with van der Waals surface area (Å²) >= 11 is 1.75. The van der Waals surface area contributed by atoms with Crippen molar-refractivity contribution in [1.29, 1.82) is 0 Å². The van der Waals surface area contributed by atoms with Crippen LogP contribution in [0.25, 0.3) is 0 Å². The molecule has 1 N–H and O–H groups in total. The number of aromatic nitrogens is 2. The van der Waals surface area contributed by atoms with Gasteiger partial charge in [-0.15, -0.1) is 11.3 Å². The van der Waals surface area contributed by atoms with E-state index in [4.69, 9.17) is 4.74 Å². The zero-order valence-corrected chi connectivity index (χ0v) is 13.8. The first-order valence-electron chi connectivity index (χ1n) is 7.64. The van der Waals surface area contributed by atoms with E-state index in [0.29, 0.717) is 18.7 Å². The fourth-order valence-corrected chi connectivity index (χ4v) is 3.60. The van der Waals surface area contributed by atoms with Crippen LogP contribution in [0.1, 0.15) is 45.1 Å². The number of hydrogen-bond donors (Lipinski definition) is 1. The lowest BCUT2D eigenvalue weighted by molar-refractivity contribution is 0.0949. The van der Waals surface area contributed by atoms with Crippen molar-refractivity contribution in [2.45, 2.75) is 32.2 Å². The van der Waals surface area contributed by atoms with Crippen LogP contribution in [0.3, 0.4) is 0 Å². The van der Waals surface area contributed by atoms with E-state index in [0.717, 1.165) is 25.1 Å². The lowest BCUT2D eigenvalue weighted by Crippen LogP contribution is -2.23. The summed E-state index contributed by atoms with van der Waals surface area (Å²) in [6, 6.07) is 4.20. The number of nitrogens with one attached hydrogen (secondary N) is 1. The molecular weight excluding hydrogens is 298 g/mol. The maximum atomic E-state index is 12.5. The van der Waals surface area contributed by atoms with Crippen molar-refractivity contribution in [3.63, 3.8) is 0 Å². The Morgan fingerprint density at radius 2 is 2.32 bits per heavy atom. The standard InChI is InChI=1S/C16H21N3O2S/c1-3-12-4-5-13(22-12)8-17-16(20)14-9-19(2)18-15(14)11-6-7-21-10-11/h4-5,9,11H,3,6-8,10H2,1-2H3,(H,17,20)/t11-/m1/s1. The minimum atomic E-state index is -0.0542. The summed E-state index contributed by atoms with van der Waals surface area (Å²) in [7, 11) is 1.85. The highest BCUT2D eigenvalue weighted by atomic mass is 32.1. The molecule has 1 saturated heterocycles. The van der Waals surface area contributed by atoms with Crippen LogP contribution < -0.4 is 5.32 Å².